The van der Waals surface area contributed by atoms with Crippen molar-refractivity contribution >= 4 is 6.09 Å². The smallest absolute Gasteiger partial charge is 0.416 e. The second kappa shape index (κ2) is 7.21. The Labute approximate surface area is 133 Å². The largest absolute Gasteiger partial charge is 0.444 e. The van der Waals surface area contributed by atoms with Crippen LogP contribution in [0, 0.1) is 0 Å². The minimum atomic E-state index is -4.39. The summed E-state index contributed by atoms with van der Waals surface area (Å²) in [6.45, 7) is 6.62. The molecule has 1 rings (SSSR count). The van der Waals surface area contributed by atoms with Crippen molar-refractivity contribution in [3.05, 3.63) is 35.4 Å². The topological polar surface area (TPSA) is 58.6 Å². The molecule has 0 aliphatic rings. The maximum Gasteiger partial charge on any atom is 0.416 e. The van der Waals surface area contributed by atoms with Crippen LogP contribution in [0.5, 0.6) is 0 Å². The zero-order valence-corrected chi connectivity index (χ0v) is 13.6. The molecule has 0 spiro atoms. The first-order valence-electron chi connectivity index (χ1n) is 7.22. The van der Waals surface area contributed by atoms with Gasteiger partial charge in [-0.2, -0.15) is 13.2 Å². The molecule has 2 N–H and O–H groups in total. The number of hydrogen-bond acceptors (Lipinski definition) is 3. The van der Waals surface area contributed by atoms with Gasteiger partial charge in [-0.25, -0.2) is 4.79 Å². The first-order chi connectivity index (χ1) is 10.4. The molecule has 1 aromatic rings. The van der Waals surface area contributed by atoms with E-state index in [0.29, 0.717) is 5.56 Å². The highest BCUT2D eigenvalue weighted by atomic mass is 19.4. The molecule has 2 atom stereocenters. The lowest BCUT2D eigenvalue weighted by Crippen LogP contribution is -2.45. The molecule has 0 saturated carbocycles. The van der Waals surface area contributed by atoms with Gasteiger partial charge in [-0.05, 0) is 51.8 Å². The molecule has 0 unspecified atom stereocenters. The monoisotopic (exact) mass is 333 g/mol. The molecule has 0 fully saturated rings. The van der Waals surface area contributed by atoms with Crippen molar-refractivity contribution in [1.82, 2.24) is 5.32 Å². The van der Waals surface area contributed by atoms with Gasteiger partial charge in [-0.3, -0.25) is 0 Å². The second-order valence-corrected chi connectivity index (χ2v) is 6.39. The summed E-state index contributed by atoms with van der Waals surface area (Å²) in [6.07, 6.45) is -5.77. The van der Waals surface area contributed by atoms with Crippen LogP contribution >= 0.6 is 0 Å². The predicted molar refractivity (Wildman–Crippen MR) is 80.0 cm³/mol. The van der Waals surface area contributed by atoms with Gasteiger partial charge in [0.25, 0.3) is 0 Å². The van der Waals surface area contributed by atoms with Crippen molar-refractivity contribution in [2.45, 2.75) is 58.0 Å². The fourth-order valence-electron chi connectivity index (χ4n) is 1.88. The summed E-state index contributed by atoms with van der Waals surface area (Å²) in [5, 5.41) is 12.3. The third-order valence-corrected chi connectivity index (χ3v) is 3.02. The number of hydrogen-bond donors (Lipinski definition) is 2. The third kappa shape index (κ3) is 6.90. The summed E-state index contributed by atoms with van der Waals surface area (Å²) in [7, 11) is 0. The third-order valence-electron chi connectivity index (χ3n) is 3.02. The second-order valence-electron chi connectivity index (χ2n) is 6.39. The van der Waals surface area contributed by atoms with Crippen LogP contribution in [0.4, 0.5) is 18.0 Å². The summed E-state index contributed by atoms with van der Waals surface area (Å²) in [5.41, 5.74) is -0.850. The van der Waals surface area contributed by atoms with E-state index in [-0.39, 0.29) is 6.42 Å². The number of rotatable bonds is 4. The van der Waals surface area contributed by atoms with Crippen LogP contribution < -0.4 is 5.32 Å². The summed E-state index contributed by atoms with van der Waals surface area (Å²) < 4.78 is 42.7. The summed E-state index contributed by atoms with van der Waals surface area (Å²) in [4.78, 5) is 11.8. The maximum absolute atomic E-state index is 12.5. The van der Waals surface area contributed by atoms with E-state index < -0.39 is 35.6 Å². The van der Waals surface area contributed by atoms with Gasteiger partial charge in [0.1, 0.15) is 5.60 Å². The molecular weight excluding hydrogens is 311 g/mol. The number of benzene rings is 1. The Bertz CT molecular complexity index is 519. The van der Waals surface area contributed by atoms with Crippen LogP contribution in [0.3, 0.4) is 0 Å². The molecule has 0 bridgehead atoms. The summed E-state index contributed by atoms with van der Waals surface area (Å²) in [6, 6.07) is 3.94. The van der Waals surface area contributed by atoms with Gasteiger partial charge in [0, 0.05) is 0 Å². The van der Waals surface area contributed by atoms with E-state index in [0.717, 1.165) is 12.1 Å². The van der Waals surface area contributed by atoms with Crippen LogP contribution in [-0.2, 0) is 17.3 Å². The molecule has 4 nitrogen and oxygen atoms in total. The number of nitrogens with one attached hydrogen (secondary N) is 1. The highest BCUT2D eigenvalue weighted by Crippen LogP contribution is 2.29. The normalized spacial score (nSPS) is 15.0. The number of aliphatic hydroxyl groups is 1. The molecule has 0 heterocycles. The minimum absolute atomic E-state index is 0.190. The zero-order valence-electron chi connectivity index (χ0n) is 13.6. The van der Waals surface area contributed by atoms with Crippen LogP contribution in [0.25, 0.3) is 0 Å². The first kappa shape index (κ1) is 19.3. The Morgan fingerprint density at radius 1 is 1.22 bits per heavy atom. The van der Waals surface area contributed by atoms with Crippen molar-refractivity contribution in [3.8, 4) is 0 Å². The minimum Gasteiger partial charge on any atom is -0.444 e. The predicted octanol–water partition coefficient (Wildman–Crippen LogP) is 3.52. The molecule has 7 heteroatoms. The highest BCUT2D eigenvalue weighted by Gasteiger charge is 2.30. The van der Waals surface area contributed by atoms with Gasteiger partial charge < -0.3 is 15.2 Å². The van der Waals surface area contributed by atoms with Gasteiger partial charge >= 0.3 is 12.3 Å². The van der Waals surface area contributed by atoms with Crippen molar-refractivity contribution in [3.63, 3.8) is 0 Å². The van der Waals surface area contributed by atoms with Crippen LogP contribution in [0.2, 0.25) is 0 Å². The number of carbonyl (C=O) groups is 1. The van der Waals surface area contributed by atoms with Gasteiger partial charge in [-0.15, -0.1) is 0 Å². The fraction of sp³-hybridized carbons (Fsp3) is 0.562. The Balaban J connectivity index is 2.75. The average Bonchev–Trinajstić information content (AvgIpc) is 2.35. The number of ether oxygens (including phenoxy) is 1. The highest BCUT2D eigenvalue weighted by molar-refractivity contribution is 5.68. The van der Waals surface area contributed by atoms with Crippen molar-refractivity contribution < 1.29 is 27.8 Å². The number of alkyl halides is 3. The lowest BCUT2D eigenvalue weighted by molar-refractivity contribution is -0.137. The Kier molecular flexibility index (Phi) is 6.04. The van der Waals surface area contributed by atoms with Crippen LogP contribution in [0.1, 0.15) is 38.8 Å². The number of halogens is 3. The van der Waals surface area contributed by atoms with E-state index in [1.54, 1.807) is 20.8 Å². The van der Waals surface area contributed by atoms with E-state index in [9.17, 15) is 23.1 Å². The van der Waals surface area contributed by atoms with E-state index in [1.807, 2.05) is 0 Å². The Hall–Kier alpha value is -1.76. The molecule has 0 saturated heterocycles. The molecule has 23 heavy (non-hydrogen) atoms. The standard InChI is InChI=1S/C16H22F3NO3/c1-10(21)13(20-14(22)23-15(2,3)4)9-11-5-7-12(8-6-11)16(17,18)19/h5-8,10,13,21H,9H2,1-4H3,(H,20,22)/t10-,13+/m0/s1. The lowest BCUT2D eigenvalue weighted by Gasteiger charge is -2.25. The number of aliphatic hydroxyl groups excluding tert-OH is 1. The van der Waals surface area contributed by atoms with E-state index in [2.05, 4.69) is 5.32 Å². The van der Waals surface area contributed by atoms with Crippen LogP contribution in [-0.4, -0.2) is 28.9 Å². The maximum atomic E-state index is 12.5. The van der Waals surface area contributed by atoms with Gasteiger partial charge in [0.15, 0.2) is 0 Å². The van der Waals surface area contributed by atoms with Gasteiger partial charge in [0.2, 0.25) is 0 Å². The van der Waals surface area contributed by atoms with Crippen molar-refractivity contribution in [2.75, 3.05) is 0 Å². The fourth-order valence-corrected chi connectivity index (χ4v) is 1.88. The molecule has 1 amide bonds. The molecular formula is C16H22F3NO3. The van der Waals surface area contributed by atoms with Crippen molar-refractivity contribution in [2.24, 2.45) is 0 Å². The molecule has 0 aromatic heterocycles. The zero-order chi connectivity index (χ0) is 17.8. The summed E-state index contributed by atoms with van der Waals surface area (Å²) in [5.74, 6) is 0. The molecule has 1 aromatic carbocycles. The molecule has 0 aliphatic carbocycles. The first-order valence-corrected chi connectivity index (χ1v) is 7.22. The number of carbonyl (C=O) groups excluding carboxylic acids is 1. The van der Waals surface area contributed by atoms with Crippen molar-refractivity contribution in [1.29, 1.82) is 0 Å². The lowest BCUT2D eigenvalue weighted by atomic mass is 10.0. The van der Waals surface area contributed by atoms with Crippen LogP contribution in [0.15, 0.2) is 24.3 Å². The number of alkyl carbamates (subject to hydrolysis) is 1. The Morgan fingerprint density at radius 3 is 2.13 bits per heavy atom. The quantitative estimate of drug-likeness (QED) is 0.886. The molecule has 130 valence electrons. The Morgan fingerprint density at radius 2 is 1.74 bits per heavy atom. The SMILES string of the molecule is C[C@H](O)[C@@H](Cc1ccc(C(F)(F)F)cc1)NC(=O)OC(C)(C)C. The molecule has 0 aliphatic heterocycles. The average molecular weight is 333 g/mol. The van der Waals surface area contributed by atoms with Gasteiger partial charge in [0.05, 0.1) is 17.7 Å². The van der Waals surface area contributed by atoms with E-state index >= 15 is 0 Å². The summed E-state index contributed by atoms with van der Waals surface area (Å²) >= 11 is 0. The number of amides is 1. The molecule has 0 radical (unpaired) electrons. The van der Waals surface area contributed by atoms with Gasteiger partial charge in [-0.1, -0.05) is 12.1 Å². The van der Waals surface area contributed by atoms with E-state index in [4.69, 9.17) is 4.74 Å². The van der Waals surface area contributed by atoms with E-state index in [1.165, 1.54) is 19.1 Å².